The first-order chi connectivity index (χ1) is 8.06. The Bertz CT molecular complexity index is 422. The van der Waals surface area contributed by atoms with Gasteiger partial charge in [-0.15, -0.1) is 0 Å². The molecule has 6 heteroatoms. The Hall–Kier alpha value is -1.95. The van der Waals surface area contributed by atoms with Crippen LogP contribution in [0.15, 0.2) is 24.3 Å². The predicted octanol–water partition coefficient (Wildman–Crippen LogP) is 0.391. The molecule has 1 aromatic rings. The Kier molecular flexibility index (Phi) is 4.59. The fraction of sp³-hybridized carbons (Fsp3) is 0.273. The molecular formula is C11H12FNO4. The molecule has 1 rings (SSSR count). The first-order valence-corrected chi connectivity index (χ1v) is 4.95. The predicted molar refractivity (Wildman–Crippen MR) is 57.0 cm³/mol. The van der Waals surface area contributed by atoms with E-state index in [4.69, 9.17) is 10.2 Å². The third-order valence-electron chi connectivity index (χ3n) is 2.14. The number of rotatable bonds is 5. The molecule has 0 fully saturated rings. The Morgan fingerprint density at radius 1 is 1.35 bits per heavy atom. The second-order valence-corrected chi connectivity index (χ2v) is 3.36. The highest BCUT2D eigenvalue weighted by atomic mass is 19.1. The smallest absolute Gasteiger partial charge is 0.326 e. The maximum atomic E-state index is 13.2. The van der Waals surface area contributed by atoms with Crippen LogP contribution >= 0.6 is 0 Å². The van der Waals surface area contributed by atoms with Crippen molar-refractivity contribution in [2.45, 2.75) is 12.5 Å². The highest BCUT2D eigenvalue weighted by Crippen LogP contribution is 2.06. The van der Waals surface area contributed by atoms with Gasteiger partial charge < -0.3 is 15.5 Å². The molecule has 1 aromatic carbocycles. The summed E-state index contributed by atoms with van der Waals surface area (Å²) in [6.45, 7) is -0.380. The van der Waals surface area contributed by atoms with Gasteiger partial charge in [-0.05, 0) is 12.1 Å². The van der Waals surface area contributed by atoms with E-state index >= 15 is 0 Å². The Morgan fingerprint density at radius 3 is 2.53 bits per heavy atom. The Morgan fingerprint density at radius 2 is 2.00 bits per heavy atom. The van der Waals surface area contributed by atoms with Crippen LogP contribution in [0.5, 0.6) is 0 Å². The van der Waals surface area contributed by atoms with Gasteiger partial charge in [-0.1, -0.05) is 12.1 Å². The van der Waals surface area contributed by atoms with Gasteiger partial charge in [0.15, 0.2) is 0 Å². The normalized spacial score (nSPS) is 11.9. The van der Waals surface area contributed by atoms with Crippen LogP contribution < -0.4 is 5.32 Å². The minimum Gasteiger partial charge on any atom is -0.480 e. The molecule has 17 heavy (non-hydrogen) atoms. The van der Waals surface area contributed by atoms with Gasteiger partial charge in [0.25, 0.3) is 5.91 Å². The van der Waals surface area contributed by atoms with E-state index in [1.807, 2.05) is 0 Å². The summed E-state index contributed by atoms with van der Waals surface area (Å²) in [5.41, 5.74) is -0.225. The third-order valence-corrected chi connectivity index (χ3v) is 2.14. The van der Waals surface area contributed by atoms with Gasteiger partial charge in [0.2, 0.25) is 0 Å². The largest absolute Gasteiger partial charge is 0.480 e. The Balaban J connectivity index is 2.77. The molecule has 0 heterocycles. The van der Waals surface area contributed by atoms with Gasteiger partial charge >= 0.3 is 5.97 Å². The molecule has 92 valence electrons. The maximum absolute atomic E-state index is 13.2. The highest BCUT2D eigenvalue weighted by molar-refractivity contribution is 5.96. The zero-order valence-electron chi connectivity index (χ0n) is 8.89. The molecule has 0 aliphatic heterocycles. The number of halogens is 1. The molecule has 0 saturated carbocycles. The van der Waals surface area contributed by atoms with Crippen molar-refractivity contribution in [1.82, 2.24) is 5.32 Å². The number of hydrogen-bond donors (Lipinski definition) is 3. The van der Waals surface area contributed by atoms with E-state index < -0.39 is 23.7 Å². The van der Waals surface area contributed by atoms with Crippen molar-refractivity contribution in [3.05, 3.63) is 35.6 Å². The summed E-state index contributed by atoms with van der Waals surface area (Å²) in [6, 6.07) is 4.03. The summed E-state index contributed by atoms with van der Waals surface area (Å²) in [7, 11) is 0. The van der Waals surface area contributed by atoms with E-state index in [1.165, 1.54) is 18.2 Å². The number of carbonyl (C=O) groups excluding carboxylic acids is 1. The number of amides is 1. The highest BCUT2D eigenvalue weighted by Gasteiger charge is 2.21. The van der Waals surface area contributed by atoms with Crippen molar-refractivity contribution in [2.75, 3.05) is 6.61 Å². The van der Waals surface area contributed by atoms with Crippen LogP contribution in [0.25, 0.3) is 0 Å². The number of benzene rings is 1. The number of carboxylic acids is 1. The number of carboxylic acid groups (broad SMARTS) is 1. The summed E-state index contributed by atoms with van der Waals surface area (Å²) in [6.07, 6.45) is -0.129. The van der Waals surface area contributed by atoms with Crippen molar-refractivity contribution >= 4 is 11.9 Å². The van der Waals surface area contributed by atoms with E-state index in [0.29, 0.717) is 0 Å². The minimum absolute atomic E-state index is 0.129. The lowest BCUT2D eigenvalue weighted by molar-refractivity contribution is -0.139. The third kappa shape index (κ3) is 3.53. The maximum Gasteiger partial charge on any atom is 0.326 e. The Labute approximate surface area is 96.9 Å². The molecule has 1 atom stereocenters. The van der Waals surface area contributed by atoms with Crippen LogP contribution in [0.2, 0.25) is 0 Å². The molecule has 5 nitrogen and oxygen atoms in total. The zero-order chi connectivity index (χ0) is 12.8. The number of hydrogen-bond acceptors (Lipinski definition) is 3. The van der Waals surface area contributed by atoms with Gasteiger partial charge in [0, 0.05) is 13.0 Å². The van der Waals surface area contributed by atoms with Gasteiger partial charge in [-0.25, -0.2) is 9.18 Å². The molecule has 0 unspecified atom stereocenters. The molecule has 0 saturated heterocycles. The first-order valence-electron chi connectivity index (χ1n) is 4.95. The molecule has 0 spiro atoms. The number of nitrogens with one attached hydrogen (secondary N) is 1. The number of aliphatic carboxylic acids is 1. The van der Waals surface area contributed by atoms with Gasteiger partial charge in [-0.3, -0.25) is 4.79 Å². The molecule has 0 aliphatic rings. The average molecular weight is 241 g/mol. The molecule has 0 bridgehead atoms. The summed E-state index contributed by atoms with van der Waals surface area (Å²) >= 11 is 0. The second-order valence-electron chi connectivity index (χ2n) is 3.36. The van der Waals surface area contributed by atoms with Gasteiger partial charge in [-0.2, -0.15) is 0 Å². The summed E-state index contributed by atoms with van der Waals surface area (Å²) < 4.78 is 13.2. The standard InChI is InChI=1S/C11H12FNO4/c12-8-4-2-1-3-7(8)10(15)13-9(5-6-14)11(16)17/h1-4,9,14H,5-6H2,(H,13,15)(H,16,17)/t9-/m1/s1. The van der Waals surface area contributed by atoms with E-state index in [1.54, 1.807) is 0 Å². The van der Waals surface area contributed by atoms with E-state index in [-0.39, 0.29) is 18.6 Å². The summed E-state index contributed by atoms with van der Waals surface area (Å²) in [5, 5.41) is 19.5. The van der Waals surface area contributed by atoms with Crippen LogP contribution in [-0.2, 0) is 4.79 Å². The molecule has 3 N–H and O–H groups in total. The van der Waals surface area contributed by atoms with Crippen LogP contribution in [0.3, 0.4) is 0 Å². The quantitative estimate of drug-likeness (QED) is 0.696. The van der Waals surface area contributed by atoms with Crippen LogP contribution in [-0.4, -0.2) is 34.7 Å². The molecule has 1 amide bonds. The van der Waals surface area contributed by atoms with Crippen molar-refractivity contribution < 1.29 is 24.2 Å². The number of carbonyl (C=O) groups is 2. The van der Waals surface area contributed by atoms with Crippen LogP contribution in [0.1, 0.15) is 16.8 Å². The van der Waals surface area contributed by atoms with E-state index in [0.717, 1.165) is 6.07 Å². The monoisotopic (exact) mass is 241 g/mol. The van der Waals surface area contributed by atoms with Crippen molar-refractivity contribution in [2.24, 2.45) is 0 Å². The van der Waals surface area contributed by atoms with Gasteiger partial charge in [0.05, 0.1) is 5.56 Å². The molecule has 0 radical (unpaired) electrons. The van der Waals surface area contributed by atoms with Crippen molar-refractivity contribution in [3.8, 4) is 0 Å². The lowest BCUT2D eigenvalue weighted by atomic mass is 10.1. The lowest BCUT2D eigenvalue weighted by Gasteiger charge is -2.13. The topological polar surface area (TPSA) is 86.6 Å². The fourth-order valence-electron chi connectivity index (χ4n) is 1.27. The molecule has 0 aromatic heterocycles. The zero-order valence-corrected chi connectivity index (χ0v) is 8.89. The SMILES string of the molecule is O=C(N[C@H](CCO)C(=O)O)c1ccccc1F. The summed E-state index contributed by atoms with van der Waals surface area (Å²) in [4.78, 5) is 22.3. The number of aliphatic hydroxyl groups is 1. The van der Waals surface area contributed by atoms with Crippen LogP contribution in [0.4, 0.5) is 4.39 Å². The second kappa shape index (κ2) is 5.95. The summed E-state index contributed by atoms with van der Waals surface area (Å²) in [5.74, 6) is -2.81. The molecule has 0 aliphatic carbocycles. The first kappa shape index (κ1) is 13.1. The average Bonchev–Trinajstić information content (AvgIpc) is 2.28. The van der Waals surface area contributed by atoms with Crippen LogP contribution in [0, 0.1) is 5.82 Å². The minimum atomic E-state index is -1.27. The fourth-order valence-corrected chi connectivity index (χ4v) is 1.27. The number of aliphatic hydroxyl groups excluding tert-OH is 1. The molecular weight excluding hydrogens is 229 g/mol. The van der Waals surface area contributed by atoms with E-state index in [9.17, 15) is 14.0 Å². The van der Waals surface area contributed by atoms with E-state index in [2.05, 4.69) is 5.32 Å². The lowest BCUT2D eigenvalue weighted by Crippen LogP contribution is -2.41. The van der Waals surface area contributed by atoms with Crippen molar-refractivity contribution in [3.63, 3.8) is 0 Å². The van der Waals surface area contributed by atoms with Crippen molar-refractivity contribution in [1.29, 1.82) is 0 Å². The van der Waals surface area contributed by atoms with Gasteiger partial charge in [0.1, 0.15) is 11.9 Å².